The number of nitrogen functional groups attached to an aromatic ring is 1. The number of rotatable bonds is 1. The summed E-state index contributed by atoms with van der Waals surface area (Å²) >= 11 is 1.72. The first-order valence-electron chi connectivity index (χ1n) is 6.19. The molecule has 0 aliphatic carbocycles. The molecule has 1 aromatic carbocycles. The fourth-order valence-electron chi connectivity index (χ4n) is 2.33. The van der Waals surface area contributed by atoms with Crippen LogP contribution in [0.1, 0.15) is 5.56 Å². The lowest BCUT2D eigenvalue weighted by Gasteiger charge is -1.93. The average molecular weight is 281 g/mol. The van der Waals surface area contributed by atoms with Gasteiger partial charge in [0.2, 0.25) is 5.95 Å². The molecule has 4 rings (SSSR count). The molecular weight excluding hydrogens is 270 g/mol. The van der Waals surface area contributed by atoms with Crippen molar-refractivity contribution in [3.8, 4) is 10.7 Å². The van der Waals surface area contributed by atoms with Gasteiger partial charge in [-0.3, -0.25) is 0 Å². The van der Waals surface area contributed by atoms with Crippen molar-refractivity contribution in [3.05, 3.63) is 36.0 Å². The summed E-state index contributed by atoms with van der Waals surface area (Å²) in [5.74, 6) is 1.06. The molecule has 0 saturated heterocycles. The van der Waals surface area contributed by atoms with E-state index in [1.165, 1.54) is 15.6 Å². The number of imidazole rings is 1. The van der Waals surface area contributed by atoms with Crippen LogP contribution >= 0.6 is 11.3 Å². The van der Waals surface area contributed by atoms with Crippen molar-refractivity contribution >= 4 is 38.5 Å². The summed E-state index contributed by atoms with van der Waals surface area (Å²) in [6.45, 7) is 2.11. The van der Waals surface area contributed by atoms with Crippen LogP contribution in [0.25, 0.3) is 32.0 Å². The molecule has 0 aliphatic rings. The van der Waals surface area contributed by atoms with E-state index >= 15 is 0 Å². The van der Waals surface area contributed by atoms with Gasteiger partial charge >= 0.3 is 0 Å². The molecule has 0 unspecified atom stereocenters. The van der Waals surface area contributed by atoms with Crippen LogP contribution in [-0.4, -0.2) is 19.9 Å². The van der Waals surface area contributed by atoms with E-state index in [2.05, 4.69) is 45.1 Å². The molecule has 4 aromatic rings. The summed E-state index contributed by atoms with van der Waals surface area (Å²) < 4.78 is 1.26. The normalized spacial score (nSPS) is 11.4. The number of aromatic nitrogens is 4. The third-order valence-corrected chi connectivity index (χ3v) is 4.60. The van der Waals surface area contributed by atoms with Gasteiger partial charge in [0.15, 0.2) is 11.5 Å². The molecule has 0 atom stereocenters. The van der Waals surface area contributed by atoms with Crippen molar-refractivity contribution in [3.63, 3.8) is 0 Å². The third kappa shape index (κ3) is 1.58. The average Bonchev–Trinajstić information content (AvgIpc) is 3.00. The topological polar surface area (TPSA) is 80.5 Å². The Morgan fingerprint density at radius 2 is 2.05 bits per heavy atom. The number of benzene rings is 1. The summed E-state index contributed by atoms with van der Waals surface area (Å²) in [6.07, 6.45) is 1.66. The first-order valence-corrected chi connectivity index (χ1v) is 7.01. The maximum absolute atomic E-state index is 5.59. The van der Waals surface area contributed by atoms with Gasteiger partial charge in [-0.2, -0.15) is 4.98 Å². The lowest BCUT2D eigenvalue weighted by Crippen LogP contribution is -1.93. The van der Waals surface area contributed by atoms with Crippen molar-refractivity contribution in [2.45, 2.75) is 6.92 Å². The molecule has 0 saturated carbocycles. The van der Waals surface area contributed by atoms with Gasteiger partial charge in [-0.05, 0) is 23.9 Å². The smallest absolute Gasteiger partial charge is 0.222 e. The van der Waals surface area contributed by atoms with E-state index in [0.29, 0.717) is 5.65 Å². The highest BCUT2D eigenvalue weighted by atomic mass is 32.1. The van der Waals surface area contributed by atoms with Crippen LogP contribution in [-0.2, 0) is 0 Å². The SMILES string of the molecule is Cc1c(-c2nc3nc(N)ncc3[nH]2)sc2ccccc12. The molecule has 6 heteroatoms. The summed E-state index contributed by atoms with van der Waals surface area (Å²) in [5.41, 5.74) is 8.22. The molecular formula is C14H11N5S. The second kappa shape index (κ2) is 4.01. The number of aromatic amines is 1. The van der Waals surface area contributed by atoms with Crippen molar-refractivity contribution in [2.24, 2.45) is 0 Å². The lowest BCUT2D eigenvalue weighted by molar-refractivity contribution is 1.22. The maximum atomic E-state index is 5.59. The third-order valence-electron chi connectivity index (χ3n) is 3.32. The van der Waals surface area contributed by atoms with E-state index in [9.17, 15) is 0 Å². The van der Waals surface area contributed by atoms with Gasteiger partial charge in [0.1, 0.15) is 5.52 Å². The Bertz CT molecular complexity index is 937. The van der Waals surface area contributed by atoms with Crippen LogP contribution in [0.3, 0.4) is 0 Å². The van der Waals surface area contributed by atoms with E-state index in [4.69, 9.17) is 5.73 Å². The van der Waals surface area contributed by atoms with Crippen molar-refractivity contribution in [1.29, 1.82) is 0 Å². The van der Waals surface area contributed by atoms with Gasteiger partial charge in [0.05, 0.1) is 11.1 Å². The van der Waals surface area contributed by atoms with Gasteiger partial charge in [-0.1, -0.05) is 18.2 Å². The summed E-state index contributed by atoms with van der Waals surface area (Å²) in [7, 11) is 0. The molecule has 5 nitrogen and oxygen atoms in total. The number of aryl methyl sites for hydroxylation is 1. The minimum atomic E-state index is 0.239. The number of anilines is 1. The highest BCUT2D eigenvalue weighted by molar-refractivity contribution is 7.22. The Morgan fingerprint density at radius 3 is 2.90 bits per heavy atom. The fourth-order valence-corrected chi connectivity index (χ4v) is 3.48. The van der Waals surface area contributed by atoms with Crippen molar-refractivity contribution in [1.82, 2.24) is 19.9 Å². The predicted molar refractivity (Wildman–Crippen MR) is 81.7 cm³/mol. The Hall–Kier alpha value is -2.47. The van der Waals surface area contributed by atoms with Crippen LogP contribution < -0.4 is 5.73 Å². The molecule has 3 aromatic heterocycles. The number of nitrogens with zero attached hydrogens (tertiary/aromatic N) is 3. The van der Waals surface area contributed by atoms with Crippen LogP contribution in [0.15, 0.2) is 30.5 Å². The molecule has 20 heavy (non-hydrogen) atoms. The zero-order valence-electron chi connectivity index (χ0n) is 10.7. The van der Waals surface area contributed by atoms with Crippen LogP contribution in [0, 0.1) is 6.92 Å². The van der Waals surface area contributed by atoms with Gasteiger partial charge in [0.25, 0.3) is 0 Å². The number of hydrogen-bond acceptors (Lipinski definition) is 5. The molecule has 0 bridgehead atoms. The molecule has 98 valence electrons. The first-order chi connectivity index (χ1) is 9.72. The Balaban J connectivity index is 1.98. The number of H-pyrrole nitrogens is 1. The quantitative estimate of drug-likeness (QED) is 0.561. The molecule has 0 fully saturated rings. The second-order valence-electron chi connectivity index (χ2n) is 4.60. The molecule has 0 radical (unpaired) electrons. The molecule has 0 spiro atoms. The molecule has 3 N–H and O–H groups in total. The minimum absolute atomic E-state index is 0.239. The van der Waals surface area contributed by atoms with Crippen LogP contribution in [0.4, 0.5) is 5.95 Å². The van der Waals surface area contributed by atoms with Gasteiger partial charge < -0.3 is 10.7 Å². The van der Waals surface area contributed by atoms with Gasteiger partial charge in [-0.25, -0.2) is 9.97 Å². The van der Waals surface area contributed by atoms with Crippen LogP contribution in [0.2, 0.25) is 0 Å². The zero-order valence-corrected chi connectivity index (χ0v) is 11.5. The number of hydrogen-bond donors (Lipinski definition) is 2. The number of nitrogens with two attached hydrogens (primary N) is 1. The van der Waals surface area contributed by atoms with Gasteiger partial charge in [0, 0.05) is 4.70 Å². The highest BCUT2D eigenvalue weighted by Gasteiger charge is 2.14. The number of fused-ring (bicyclic) bond motifs is 2. The van der Waals surface area contributed by atoms with Crippen molar-refractivity contribution in [2.75, 3.05) is 5.73 Å². The van der Waals surface area contributed by atoms with Crippen molar-refractivity contribution < 1.29 is 0 Å². The summed E-state index contributed by atoms with van der Waals surface area (Å²) in [6, 6.07) is 8.35. The van der Waals surface area contributed by atoms with E-state index in [1.54, 1.807) is 17.5 Å². The Kier molecular flexibility index (Phi) is 2.28. The van der Waals surface area contributed by atoms with E-state index < -0.39 is 0 Å². The zero-order chi connectivity index (χ0) is 13.7. The van der Waals surface area contributed by atoms with Crippen LogP contribution in [0.5, 0.6) is 0 Å². The summed E-state index contributed by atoms with van der Waals surface area (Å²) in [4.78, 5) is 17.0. The first kappa shape index (κ1) is 11.4. The monoisotopic (exact) mass is 281 g/mol. The Morgan fingerprint density at radius 1 is 1.20 bits per heavy atom. The highest BCUT2D eigenvalue weighted by Crippen LogP contribution is 2.37. The maximum Gasteiger partial charge on any atom is 0.222 e. The standard InChI is InChI=1S/C14H11N5S/c1-7-8-4-2-3-5-10(8)20-11(7)13-17-9-6-16-14(15)19-12(9)18-13/h2-6H,1H3,(H3,15,16,17,18,19). The molecule has 3 heterocycles. The predicted octanol–water partition coefficient (Wildman–Crippen LogP) is 3.13. The summed E-state index contributed by atoms with van der Waals surface area (Å²) in [5, 5.41) is 1.26. The molecule has 0 amide bonds. The second-order valence-corrected chi connectivity index (χ2v) is 5.66. The number of nitrogens with one attached hydrogen (secondary N) is 1. The lowest BCUT2D eigenvalue weighted by atomic mass is 10.1. The molecule has 0 aliphatic heterocycles. The van der Waals surface area contributed by atoms with E-state index in [1.807, 2.05) is 6.07 Å². The minimum Gasteiger partial charge on any atom is -0.368 e. The van der Waals surface area contributed by atoms with E-state index in [0.717, 1.165) is 16.2 Å². The largest absolute Gasteiger partial charge is 0.368 e. The van der Waals surface area contributed by atoms with Gasteiger partial charge in [-0.15, -0.1) is 11.3 Å². The van der Waals surface area contributed by atoms with E-state index in [-0.39, 0.29) is 5.95 Å². The number of thiophene rings is 1. The Labute approximate surface area is 118 Å². The fraction of sp³-hybridized carbons (Fsp3) is 0.0714.